The second kappa shape index (κ2) is 6.67. The van der Waals surface area contributed by atoms with E-state index in [4.69, 9.17) is 23.0 Å². The average Bonchev–Trinajstić information content (AvgIpc) is 3.30. The van der Waals surface area contributed by atoms with Crippen molar-refractivity contribution in [3.05, 3.63) is 72.2 Å². The maximum atomic E-state index is 6.57. The first-order valence-electron chi connectivity index (χ1n) is 8.72. The summed E-state index contributed by atoms with van der Waals surface area (Å²) in [5.41, 5.74) is 0. The number of hydrogen-bond donors (Lipinski definition) is 0. The molecule has 2 heterocycles. The van der Waals surface area contributed by atoms with Gasteiger partial charge in [0.2, 0.25) is 0 Å². The number of rotatable bonds is 5. The van der Waals surface area contributed by atoms with Crippen molar-refractivity contribution < 1.29 is 23.0 Å². The maximum absolute atomic E-state index is 6.57. The molecule has 0 atom stereocenters. The van der Waals surface area contributed by atoms with Crippen molar-refractivity contribution in [1.29, 1.82) is 0 Å². The van der Waals surface area contributed by atoms with Gasteiger partial charge in [0, 0.05) is 0 Å². The summed E-state index contributed by atoms with van der Waals surface area (Å²) in [6.07, 6.45) is -0.421. The van der Waals surface area contributed by atoms with Gasteiger partial charge in [0.05, 0.1) is 0 Å². The van der Waals surface area contributed by atoms with Gasteiger partial charge in [-0.15, -0.1) is 0 Å². The van der Waals surface area contributed by atoms with E-state index >= 15 is 0 Å². The first kappa shape index (κ1) is 17.5. The zero-order chi connectivity index (χ0) is 18.1. The minimum atomic E-state index is -3.87. The Hall–Kier alpha value is -1.91. The van der Waals surface area contributed by atoms with Gasteiger partial charge >= 0.3 is 153 Å². The first-order chi connectivity index (χ1) is 12.6. The molecule has 0 unspecified atom stereocenters. The normalized spacial score (nSPS) is 23.1. The molecule has 0 N–H and O–H groups in total. The van der Waals surface area contributed by atoms with Gasteiger partial charge in [0.25, 0.3) is 0 Å². The molecule has 0 radical (unpaired) electrons. The first-order valence-corrected chi connectivity index (χ1v) is 10.7. The van der Waals surface area contributed by atoms with E-state index in [-0.39, 0.29) is 6.61 Å². The second-order valence-electron chi connectivity index (χ2n) is 6.32. The van der Waals surface area contributed by atoms with E-state index in [1.54, 1.807) is 0 Å². The van der Waals surface area contributed by atoms with Gasteiger partial charge in [0.1, 0.15) is 0 Å². The summed E-state index contributed by atoms with van der Waals surface area (Å²) in [7, 11) is -3.87. The third-order valence-corrected chi connectivity index (χ3v) is 8.85. The van der Waals surface area contributed by atoms with Crippen molar-refractivity contribution in [3.8, 4) is 0 Å². The fourth-order valence-corrected chi connectivity index (χ4v) is 7.45. The van der Waals surface area contributed by atoms with E-state index < -0.39 is 13.6 Å². The molecule has 0 aromatic heterocycles. The van der Waals surface area contributed by atoms with Crippen LogP contribution in [-0.2, 0) is 23.0 Å². The van der Waals surface area contributed by atoms with Gasteiger partial charge in [-0.3, -0.25) is 0 Å². The number of benzene rings is 2. The van der Waals surface area contributed by atoms with Crippen molar-refractivity contribution >= 4 is 17.9 Å². The van der Waals surface area contributed by atoms with Crippen LogP contribution in [0.5, 0.6) is 0 Å². The van der Waals surface area contributed by atoms with Gasteiger partial charge in [-0.05, 0) is 0 Å². The van der Waals surface area contributed by atoms with Crippen LogP contribution in [0.3, 0.4) is 0 Å². The fraction of sp³-hybridized carbons (Fsp3) is 0.300. The average molecular weight is 374 g/mol. The molecule has 5 nitrogen and oxygen atoms in total. The summed E-state index contributed by atoms with van der Waals surface area (Å²) in [5, 5.41) is 1.75. The molecule has 4 rings (SSSR count). The van der Waals surface area contributed by atoms with Crippen LogP contribution in [0, 0.1) is 0 Å². The molecule has 0 spiro atoms. The van der Waals surface area contributed by atoms with Crippen LogP contribution in [0.25, 0.3) is 0 Å². The van der Waals surface area contributed by atoms with E-state index in [1.807, 2.05) is 74.5 Å². The molecule has 0 saturated carbocycles. The van der Waals surface area contributed by atoms with Crippen LogP contribution in [0.2, 0.25) is 0 Å². The third-order valence-electron chi connectivity index (χ3n) is 4.64. The Balaban J connectivity index is 1.86. The van der Waals surface area contributed by atoms with Crippen molar-refractivity contribution in [2.75, 3.05) is 19.8 Å². The SMILES string of the molecule is CC1=C(C)OP(OCC2OCCO2)(c2ccccc2)(c2ccccc2)O1. The van der Waals surface area contributed by atoms with Gasteiger partial charge < -0.3 is 0 Å². The predicted octanol–water partition coefficient (Wildman–Crippen LogP) is 3.62. The Labute approximate surface area is 153 Å². The van der Waals surface area contributed by atoms with Crippen LogP contribution in [0.1, 0.15) is 13.8 Å². The van der Waals surface area contributed by atoms with E-state index in [9.17, 15) is 0 Å². The summed E-state index contributed by atoms with van der Waals surface area (Å²) >= 11 is 0. The van der Waals surface area contributed by atoms with Crippen molar-refractivity contribution in [3.63, 3.8) is 0 Å². The van der Waals surface area contributed by atoms with Crippen LogP contribution < -0.4 is 10.6 Å². The monoisotopic (exact) mass is 374 g/mol. The number of hydrogen-bond acceptors (Lipinski definition) is 5. The van der Waals surface area contributed by atoms with Gasteiger partial charge in [-0.1, -0.05) is 0 Å². The minimum absolute atomic E-state index is 0.224. The quantitative estimate of drug-likeness (QED) is 0.748. The van der Waals surface area contributed by atoms with Gasteiger partial charge in [0.15, 0.2) is 0 Å². The Morgan fingerprint density at radius 3 is 1.73 bits per heavy atom. The van der Waals surface area contributed by atoms with Gasteiger partial charge in [-0.25, -0.2) is 0 Å². The molecular weight excluding hydrogens is 351 g/mol. The summed E-state index contributed by atoms with van der Waals surface area (Å²) in [5.74, 6) is 1.45. The van der Waals surface area contributed by atoms with Gasteiger partial charge in [-0.2, -0.15) is 0 Å². The van der Waals surface area contributed by atoms with Crippen molar-refractivity contribution in [2.45, 2.75) is 20.1 Å². The summed E-state index contributed by atoms with van der Waals surface area (Å²) < 4.78 is 30.8. The molecule has 0 amide bonds. The van der Waals surface area contributed by atoms with Crippen molar-refractivity contribution in [2.24, 2.45) is 0 Å². The molecule has 138 valence electrons. The second-order valence-corrected chi connectivity index (χ2v) is 9.74. The summed E-state index contributed by atoms with van der Waals surface area (Å²) in [4.78, 5) is 0. The molecule has 2 aliphatic rings. The van der Waals surface area contributed by atoms with Crippen LogP contribution >= 0.6 is 7.28 Å². The Kier molecular flexibility index (Phi) is 4.49. The molecule has 2 aromatic carbocycles. The van der Waals surface area contributed by atoms with Crippen LogP contribution in [-0.4, -0.2) is 26.1 Å². The molecule has 2 aliphatic heterocycles. The number of ether oxygens (including phenoxy) is 2. The Morgan fingerprint density at radius 2 is 1.27 bits per heavy atom. The van der Waals surface area contributed by atoms with E-state index in [0.717, 1.165) is 22.1 Å². The van der Waals surface area contributed by atoms with E-state index in [1.165, 1.54) is 0 Å². The summed E-state index contributed by atoms with van der Waals surface area (Å²) in [6.45, 7) is 5.17. The van der Waals surface area contributed by atoms with Crippen molar-refractivity contribution in [1.82, 2.24) is 0 Å². The molecule has 6 heteroatoms. The van der Waals surface area contributed by atoms with E-state index in [2.05, 4.69) is 0 Å². The standard InChI is InChI=1S/C20H23O5P/c1-16-17(2)25-26(24-16,18-9-5-3-6-10-18,19-11-7-4-8-12-19)23-15-20-21-13-14-22-20/h3-12,20H,13-15H2,1-2H3. The fourth-order valence-electron chi connectivity index (χ4n) is 3.28. The zero-order valence-corrected chi connectivity index (χ0v) is 15.9. The third kappa shape index (κ3) is 2.72. The molecule has 2 aromatic rings. The topological polar surface area (TPSA) is 46.2 Å². The van der Waals surface area contributed by atoms with E-state index in [0.29, 0.717) is 13.2 Å². The molecule has 26 heavy (non-hydrogen) atoms. The summed E-state index contributed by atoms with van der Waals surface area (Å²) in [6, 6.07) is 19.8. The van der Waals surface area contributed by atoms with Crippen LogP contribution in [0.4, 0.5) is 0 Å². The molecule has 1 fully saturated rings. The molecule has 1 saturated heterocycles. The molecular formula is C20H23O5P. The predicted molar refractivity (Wildman–Crippen MR) is 101 cm³/mol. The number of allylic oxidation sites excluding steroid dienone is 2. The zero-order valence-electron chi connectivity index (χ0n) is 15.0. The molecule has 0 aliphatic carbocycles. The Morgan fingerprint density at radius 1 is 0.808 bits per heavy atom. The Bertz CT molecular complexity index is 742. The van der Waals surface area contributed by atoms with Crippen LogP contribution in [0.15, 0.2) is 72.2 Å². The molecule has 0 bridgehead atoms.